The monoisotopic (exact) mass is 253 g/mol. The van der Waals surface area contributed by atoms with Crippen LogP contribution in [0, 0.1) is 6.92 Å². The number of pyridine rings is 2. The lowest BCUT2D eigenvalue weighted by atomic mass is 10.1. The normalized spacial score (nSPS) is 11.6. The van der Waals surface area contributed by atoms with Gasteiger partial charge in [0.2, 0.25) is 0 Å². The van der Waals surface area contributed by atoms with Gasteiger partial charge in [-0.1, -0.05) is 0 Å². The van der Waals surface area contributed by atoms with Gasteiger partial charge in [-0.3, -0.25) is 4.98 Å². The van der Waals surface area contributed by atoms with E-state index in [-0.39, 0.29) is 11.5 Å². The Bertz CT molecular complexity index is 579. The van der Waals surface area contributed by atoms with E-state index in [0.29, 0.717) is 5.56 Å². The predicted octanol–water partition coefficient (Wildman–Crippen LogP) is 3.05. The molecular formula is C12H10F3N3. The van der Waals surface area contributed by atoms with Gasteiger partial charge in [0.1, 0.15) is 5.82 Å². The molecule has 0 radical (unpaired) electrons. The van der Waals surface area contributed by atoms with Gasteiger partial charge in [0, 0.05) is 18.0 Å². The number of halogens is 3. The number of hydrogen-bond donors (Lipinski definition) is 1. The third kappa shape index (κ3) is 2.42. The lowest BCUT2D eigenvalue weighted by molar-refractivity contribution is -0.137. The van der Waals surface area contributed by atoms with Crippen LogP contribution in [0.15, 0.2) is 30.6 Å². The van der Waals surface area contributed by atoms with Crippen molar-refractivity contribution in [1.82, 2.24) is 9.97 Å². The summed E-state index contributed by atoms with van der Waals surface area (Å²) in [5.74, 6) is -0.164. The standard InChI is InChI=1S/C12H10F3N3/c1-7-2-3-17-6-9(7)10-4-8(12(13,14)15)5-11(16)18-10/h2-6H,1H3,(H2,16,18). The molecule has 2 heterocycles. The van der Waals surface area contributed by atoms with E-state index >= 15 is 0 Å². The fraction of sp³-hybridized carbons (Fsp3) is 0.167. The van der Waals surface area contributed by atoms with E-state index in [1.807, 2.05) is 0 Å². The van der Waals surface area contributed by atoms with Crippen LogP contribution in [0.1, 0.15) is 11.1 Å². The van der Waals surface area contributed by atoms with Gasteiger partial charge in [0.15, 0.2) is 0 Å². The summed E-state index contributed by atoms with van der Waals surface area (Å²) in [4.78, 5) is 7.80. The molecule has 0 saturated carbocycles. The van der Waals surface area contributed by atoms with Gasteiger partial charge in [-0.25, -0.2) is 4.98 Å². The summed E-state index contributed by atoms with van der Waals surface area (Å²) in [6.45, 7) is 1.77. The Morgan fingerprint density at radius 3 is 2.56 bits per heavy atom. The molecule has 0 aliphatic carbocycles. The molecule has 0 aromatic carbocycles. The Labute approximate surface area is 101 Å². The quantitative estimate of drug-likeness (QED) is 0.849. The highest BCUT2D eigenvalue weighted by molar-refractivity contribution is 5.64. The molecule has 94 valence electrons. The average Bonchev–Trinajstić information content (AvgIpc) is 2.27. The molecule has 18 heavy (non-hydrogen) atoms. The highest BCUT2D eigenvalue weighted by Gasteiger charge is 2.31. The zero-order valence-corrected chi connectivity index (χ0v) is 9.49. The van der Waals surface area contributed by atoms with Crippen molar-refractivity contribution in [1.29, 1.82) is 0 Å². The number of anilines is 1. The van der Waals surface area contributed by atoms with Crippen LogP contribution in [0.4, 0.5) is 19.0 Å². The molecule has 2 aromatic rings. The van der Waals surface area contributed by atoms with Gasteiger partial charge < -0.3 is 5.73 Å². The van der Waals surface area contributed by atoms with E-state index in [0.717, 1.165) is 17.7 Å². The lowest BCUT2D eigenvalue weighted by Gasteiger charge is -2.10. The summed E-state index contributed by atoms with van der Waals surface area (Å²) in [5.41, 5.74) is 6.10. The SMILES string of the molecule is Cc1ccncc1-c1cc(C(F)(F)F)cc(N)n1. The lowest BCUT2D eigenvalue weighted by Crippen LogP contribution is -2.07. The van der Waals surface area contributed by atoms with Crippen molar-refractivity contribution in [3.8, 4) is 11.3 Å². The molecule has 0 aliphatic rings. The molecule has 0 saturated heterocycles. The highest BCUT2D eigenvalue weighted by Crippen LogP contribution is 2.33. The summed E-state index contributed by atoms with van der Waals surface area (Å²) in [6.07, 6.45) is -1.41. The minimum atomic E-state index is -4.44. The van der Waals surface area contributed by atoms with Crippen LogP contribution in [-0.2, 0) is 6.18 Å². The smallest absolute Gasteiger partial charge is 0.384 e. The van der Waals surface area contributed by atoms with Gasteiger partial charge >= 0.3 is 6.18 Å². The second-order valence-electron chi connectivity index (χ2n) is 3.85. The van der Waals surface area contributed by atoms with Crippen LogP contribution in [0.25, 0.3) is 11.3 Å². The summed E-state index contributed by atoms with van der Waals surface area (Å²) in [6, 6.07) is 3.49. The van der Waals surface area contributed by atoms with Crippen LogP contribution in [0.3, 0.4) is 0 Å². The first-order valence-electron chi connectivity index (χ1n) is 5.13. The number of nitrogens with zero attached hydrogens (tertiary/aromatic N) is 2. The Hall–Kier alpha value is -2.11. The third-order valence-electron chi connectivity index (χ3n) is 2.49. The summed E-state index contributed by atoms with van der Waals surface area (Å²) < 4.78 is 38.0. The first-order chi connectivity index (χ1) is 8.38. The largest absolute Gasteiger partial charge is 0.416 e. The minimum Gasteiger partial charge on any atom is -0.384 e. The molecule has 2 N–H and O–H groups in total. The summed E-state index contributed by atoms with van der Waals surface area (Å²) in [7, 11) is 0. The van der Waals surface area contributed by atoms with Gasteiger partial charge in [0.25, 0.3) is 0 Å². The summed E-state index contributed by atoms with van der Waals surface area (Å²) in [5, 5.41) is 0. The molecule has 0 unspecified atom stereocenters. The minimum absolute atomic E-state index is 0.164. The number of alkyl halides is 3. The molecule has 0 atom stereocenters. The van der Waals surface area contributed by atoms with Crippen molar-refractivity contribution in [2.45, 2.75) is 13.1 Å². The van der Waals surface area contributed by atoms with Gasteiger partial charge in [-0.15, -0.1) is 0 Å². The number of hydrogen-bond acceptors (Lipinski definition) is 3. The topological polar surface area (TPSA) is 51.8 Å². The molecule has 3 nitrogen and oxygen atoms in total. The maximum absolute atomic E-state index is 12.7. The molecular weight excluding hydrogens is 243 g/mol. The number of aryl methyl sites for hydroxylation is 1. The number of rotatable bonds is 1. The van der Waals surface area contributed by atoms with Crippen molar-refractivity contribution < 1.29 is 13.2 Å². The van der Waals surface area contributed by atoms with Gasteiger partial charge in [-0.05, 0) is 30.7 Å². The molecule has 6 heteroatoms. The second kappa shape index (κ2) is 4.29. The van der Waals surface area contributed by atoms with Crippen molar-refractivity contribution >= 4 is 5.82 Å². The first-order valence-corrected chi connectivity index (χ1v) is 5.13. The van der Waals surface area contributed by atoms with Crippen LogP contribution in [0.5, 0.6) is 0 Å². The predicted molar refractivity (Wildman–Crippen MR) is 61.6 cm³/mol. The van der Waals surface area contributed by atoms with E-state index in [2.05, 4.69) is 9.97 Å². The fourth-order valence-electron chi connectivity index (χ4n) is 1.59. The second-order valence-corrected chi connectivity index (χ2v) is 3.85. The number of nitrogens with two attached hydrogens (primary N) is 1. The molecule has 2 rings (SSSR count). The summed E-state index contributed by atoms with van der Waals surface area (Å²) >= 11 is 0. The number of aromatic nitrogens is 2. The van der Waals surface area contributed by atoms with E-state index in [1.54, 1.807) is 19.2 Å². The zero-order valence-electron chi connectivity index (χ0n) is 9.49. The van der Waals surface area contributed by atoms with Crippen molar-refractivity contribution in [3.05, 3.63) is 41.7 Å². The maximum Gasteiger partial charge on any atom is 0.416 e. The molecule has 0 amide bonds. The Kier molecular flexibility index (Phi) is 2.94. The van der Waals surface area contributed by atoms with E-state index in [1.165, 1.54) is 6.20 Å². The molecule has 2 aromatic heterocycles. The molecule has 0 spiro atoms. The molecule has 0 bridgehead atoms. The van der Waals surface area contributed by atoms with E-state index in [4.69, 9.17) is 5.73 Å². The Balaban J connectivity index is 2.60. The highest BCUT2D eigenvalue weighted by atomic mass is 19.4. The third-order valence-corrected chi connectivity index (χ3v) is 2.49. The maximum atomic E-state index is 12.7. The fourth-order valence-corrected chi connectivity index (χ4v) is 1.59. The molecule has 0 fully saturated rings. The molecule has 0 aliphatic heterocycles. The van der Waals surface area contributed by atoms with Crippen molar-refractivity contribution in [2.24, 2.45) is 0 Å². The Morgan fingerprint density at radius 1 is 1.22 bits per heavy atom. The van der Waals surface area contributed by atoms with E-state index < -0.39 is 11.7 Å². The van der Waals surface area contributed by atoms with Crippen molar-refractivity contribution in [2.75, 3.05) is 5.73 Å². The van der Waals surface area contributed by atoms with Crippen LogP contribution < -0.4 is 5.73 Å². The number of nitrogen functional groups attached to an aromatic ring is 1. The average molecular weight is 253 g/mol. The van der Waals surface area contributed by atoms with Gasteiger partial charge in [0.05, 0.1) is 11.3 Å². The van der Waals surface area contributed by atoms with E-state index in [9.17, 15) is 13.2 Å². The first kappa shape index (κ1) is 12.3. The van der Waals surface area contributed by atoms with Crippen LogP contribution in [0.2, 0.25) is 0 Å². The zero-order chi connectivity index (χ0) is 13.3. The van der Waals surface area contributed by atoms with Crippen LogP contribution in [-0.4, -0.2) is 9.97 Å². The Morgan fingerprint density at radius 2 is 1.94 bits per heavy atom. The van der Waals surface area contributed by atoms with Crippen LogP contribution >= 0.6 is 0 Å². The van der Waals surface area contributed by atoms with Gasteiger partial charge in [-0.2, -0.15) is 13.2 Å². The van der Waals surface area contributed by atoms with Crippen molar-refractivity contribution in [3.63, 3.8) is 0 Å².